The molecule has 1 aliphatic rings. The number of allylic oxidation sites excluding steroid dienone is 2. The van der Waals surface area contributed by atoms with Crippen molar-refractivity contribution in [2.24, 2.45) is 5.92 Å². The first kappa shape index (κ1) is 21.6. The minimum atomic E-state index is 0.669. The van der Waals surface area contributed by atoms with Gasteiger partial charge in [-0.2, -0.15) is 0 Å². The average Bonchev–Trinajstić information content (AvgIpc) is 2.78. The third-order valence-corrected chi connectivity index (χ3v) is 6.18. The molecule has 0 spiro atoms. The van der Waals surface area contributed by atoms with Crippen LogP contribution in [0.2, 0.25) is 0 Å². The molecule has 0 amide bonds. The molecule has 154 valence electrons. The van der Waals surface area contributed by atoms with Crippen molar-refractivity contribution < 1.29 is 4.74 Å². The Morgan fingerprint density at radius 2 is 1.55 bits per heavy atom. The Morgan fingerprint density at radius 1 is 0.897 bits per heavy atom. The summed E-state index contributed by atoms with van der Waals surface area (Å²) in [6.45, 7) is 7.35. The summed E-state index contributed by atoms with van der Waals surface area (Å²) in [4.78, 5) is 0. The van der Waals surface area contributed by atoms with E-state index in [0.717, 1.165) is 18.3 Å². The highest BCUT2D eigenvalue weighted by Crippen LogP contribution is 2.38. The van der Waals surface area contributed by atoms with Crippen molar-refractivity contribution in [2.75, 3.05) is 6.61 Å². The molecule has 29 heavy (non-hydrogen) atoms. The van der Waals surface area contributed by atoms with Gasteiger partial charge in [0.15, 0.2) is 0 Å². The van der Waals surface area contributed by atoms with Gasteiger partial charge in [0, 0.05) is 0 Å². The van der Waals surface area contributed by atoms with E-state index in [1.54, 1.807) is 0 Å². The molecule has 0 radical (unpaired) electrons. The van der Waals surface area contributed by atoms with E-state index in [1.807, 2.05) is 0 Å². The molecule has 1 aliphatic carbocycles. The standard InChI is InChI=1S/C28H36O/c1-3-5-7-21-29-22-24-11-15-26(16-12-24)28-19-17-27(18-20-28)25-13-9-23(10-14-25)8-6-4-2/h4-5,7,11-12,15-20,23,25H,2-3,6,8-10,13-14,21-22H2,1H3/t23-,25-. The molecule has 0 aromatic heterocycles. The second kappa shape index (κ2) is 11.8. The molecule has 0 aliphatic heterocycles. The summed E-state index contributed by atoms with van der Waals surface area (Å²) in [5.41, 5.74) is 5.32. The van der Waals surface area contributed by atoms with Crippen LogP contribution in [0.4, 0.5) is 0 Å². The fourth-order valence-electron chi connectivity index (χ4n) is 4.36. The van der Waals surface area contributed by atoms with E-state index < -0.39 is 0 Å². The zero-order chi connectivity index (χ0) is 20.3. The van der Waals surface area contributed by atoms with E-state index >= 15 is 0 Å². The lowest BCUT2D eigenvalue weighted by molar-refractivity contribution is 0.148. The van der Waals surface area contributed by atoms with E-state index in [4.69, 9.17) is 4.74 Å². The first-order valence-corrected chi connectivity index (χ1v) is 11.3. The van der Waals surface area contributed by atoms with Gasteiger partial charge in [0.05, 0.1) is 13.2 Å². The van der Waals surface area contributed by atoms with Crippen molar-refractivity contribution in [1.82, 2.24) is 0 Å². The van der Waals surface area contributed by atoms with Crippen molar-refractivity contribution in [3.63, 3.8) is 0 Å². The van der Waals surface area contributed by atoms with Gasteiger partial charge >= 0.3 is 0 Å². The van der Waals surface area contributed by atoms with Crippen LogP contribution in [-0.4, -0.2) is 6.61 Å². The molecule has 0 unspecified atom stereocenters. The van der Waals surface area contributed by atoms with E-state index in [9.17, 15) is 0 Å². The summed E-state index contributed by atoms with van der Waals surface area (Å²) in [5, 5.41) is 0. The van der Waals surface area contributed by atoms with Crippen molar-refractivity contribution in [3.05, 3.63) is 84.5 Å². The van der Waals surface area contributed by atoms with Gasteiger partial charge in [0.2, 0.25) is 0 Å². The van der Waals surface area contributed by atoms with Crippen molar-refractivity contribution in [1.29, 1.82) is 0 Å². The lowest BCUT2D eigenvalue weighted by atomic mass is 9.77. The quantitative estimate of drug-likeness (QED) is 0.295. The molecule has 3 rings (SSSR count). The maximum atomic E-state index is 5.69. The fourth-order valence-corrected chi connectivity index (χ4v) is 4.36. The molecule has 0 N–H and O–H groups in total. The molecule has 0 atom stereocenters. The summed E-state index contributed by atoms with van der Waals surface area (Å²) in [5.74, 6) is 1.65. The van der Waals surface area contributed by atoms with Gasteiger partial charge in [-0.25, -0.2) is 0 Å². The highest BCUT2D eigenvalue weighted by atomic mass is 16.5. The molecule has 2 aromatic rings. The van der Waals surface area contributed by atoms with Gasteiger partial charge in [-0.3, -0.25) is 0 Å². The summed E-state index contributed by atoms with van der Waals surface area (Å²) < 4.78 is 5.69. The Kier molecular flexibility index (Phi) is 8.77. The third-order valence-electron chi connectivity index (χ3n) is 6.18. The molecule has 0 saturated heterocycles. The fraction of sp³-hybridized carbons (Fsp3) is 0.429. The molecule has 1 nitrogen and oxygen atoms in total. The summed E-state index contributed by atoms with van der Waals surface area (Å²) in [6.07, 6.45) is 15.3. The van der Waals surface area contributed by atoms with Gasteiger partial charge in [0.1, 0.15) is 0 Å². The molecular formula is C28H36O. The smallest absolute Gasteiger partial charge is 0.0721 e. The summed E-state index contributed by atoms with van der Waals surface area (Å²) >= 11 is 0. The molecule has 0 bridgehead atoms. The topological polar surface area (TPSA) is 9.23 Å². The first-order valence-electron chi connectivity index (χ1n) is 11.3. The molecule has 1 heteroatoms. The van der Waals surface area contributed by atoms with E-state index in [1.165, 1.54) is 60.8 Å². The Bertz CT molecular complexity index is 746. The zero-order valence-corrected chi connectivity index (χ0v) is 18.0. The molecular weight excluding hydrogens is 352 g/mol. The Labute approximate surface area is 177 Å². The van der Waals surface area contributed by atoms with Crippen LogP contribution in [0.5, 0.6) is 0 Å². The monoisotopic (exact) mass is 388 g/mol. The number of hydrogen-bond donors (Lipinski definition) is 0. The van der Waals surface area contributed by atoms with Crippen molar-refractivity contribution in [2.45, 2.75) is 64.4 Å². The minimum absolute atomic E-state index is 0.669. The average molecular weight is 389 g/mol. The zero-order valence-electron chi connectivity index (χ0n) is 18.0. The number of ether oxygens (including phenoxy) is 1. The van der Waals surface area contributed by atoms with Crippen LogP contribution < -0.4 is 0 Å². The molecule has 1 fully saturated rings. The number of benzene rings is 2. The second-order valence-corrected chi connectivity index (χ2v) is 8.30. The Balaban J connectivity index is 1.51. The lowest BCUT2D eigenvalue weighted by Crippen LogP contribution is -2.13. The summed E-state index contributed by atoms with van der Waals surface area (Å²) in [7, 11) is 0. The highest BCUT2D eigenvalue weighted by Gasteiger charge is 2.21. The van der Waals surface area contributed by atoms with Crippen LogP contribution in [0.25, 0.3) is 11.1 Å². The van der Waals surface area contributed by atoms with Crippen LogP contribution in [0.15, 0.2) is 73.3 Å². The lowest BCUT2D eigenvalue weighted by Gasteiger charge is -2.28. The highest BCUT2D eigenvalue weighted by molar-refractivity contribution is 5.64. The van der Waals surface area contributed by atoms with Gasteiger partial charge in [-0.05, 0) is 79.0 Å². The van der Waals surface area contributed by atoms with Crippen molar-refractivity contribution in [3.8, 4) is 11.1 Å². The molecule has 2 aromatic carbocycles. The number of hydrogen-bond acceptors (Lipinski definition) is 1. The largest absolute Gasteiger partial charge is 0.373 e. The van der Waals surface area contributed by atoms with E-state index in [2.05, 4.69) is 80.3 Å². The maximum absolute atomic E-state index is 5.69. The molecule has 1 saturated carbocycles. The van der Waals surface area contributed by atoms with Crippen LogP contribution in [-0.2, 0) is 11.3 Å². The molecule has 0 heterocycles. The SMILES string of the molecule is C=CCC[C@H]1CC[C@H](c2ccc(-c3ccc(COCC=CCC)cc3)cc2)CC1. The van der Waals surface area contributed by atoms with Crippen molar-refractivity contribution >= 4 is 0 Å². The van der Waals surface area contributed by atoms with E-state index in [0.29, 0.717) is 13.2 Å². The van der Waals surface area contributed by atoms with Crippen LogP contribution in [0.1, 0.15) is 68.9 Å². The summed E-state index contributed by atoms with van der Waals surface area (Å²) in [6, 6.07) is 18.1. The Hall–Kier alpha value is -2.12. The predicted molar refractivity (Wildman–Crippen MR) is 125 cm³/mol. The van der Waals surface area contributed by atoms with Gasteiger partial charge in [-0.1, -0.05) is 73.7 Å². The normalized spacial score (nSPS) is 19.5. The Morgan fingerprint density at radius 3 is 2.17 bits per heavy atom. The van der Waals surface area contributed by atoms with Gasteiger partial charge in [-0.15, -0.1) is 6.58 Å². The number of rotatable bonds is 10. The van der Waals surface area contributed by atoms with Gasteiger partial charge < -0.3 is 4.74 Å². The van der Waals surface area contributed by atoms with Crippen LogP contribution in [0.3, 0.4) is 0 Å². The first-order chi connectivity index (χ1) is 14.3. The van der Waals surface area contributed by atoms with E-state index in [-0.39, 0.29) is 0 Å². The predicted octanol–water partition coefficient (Wildman–Crippen LogP) is 8.08. The third kappa shape index (κ3) is 6.72. The van der Waals surface area contributed by atoms with Crippen LogP contribution >= 0.6 is 0 Å². The van der Waals surface area contributed by atoms with Crippen LogP contribution in [0, 0.1) is 5.92 Å². The van der Waals surface area contributed by atoms with Gasteiger partial charge in [0.25, 0.3) is 0 Å². The minimum Gasteiger partial charge on any atom is -0.373 e. The maximum Gasteiger partial charge on any atom is 0.0721 e. The second-order valence-electron chi connectivity index (χ2n) is 8.30.